The van der Waals surface area contributed by atoms with Crippen LogP contribution in [0.15, 0.2) is 18.3 Å². The summed E-state index contributed by atoms with van der Waals surface area (Å²) in [5.74, 6) is -0.823. The summed E-state index contributed by atoms with van der Waals surface area (Å²) < 4.78 is 9.47. The molecule has 0 unspecified atom stereocenters. The molecule has 0 N–H and O–H groups in total. The number of rotatable bonds is 6. The molecule has 1 amide bonds. The Balaban J connectivity index is 2.83. The Morgan fingerprint density at radius 3 is 2.74 bits per heavy atom. The van der Waals surface area contributed by atoms with Crippen LogP contribution in [0.1, 0.15) is 10.4 Å². The second kappa shape index (κ2) is 7.70. The minimum absolute atomic E-state index is 0.140. The van der Waals surface area contributed by atoms with Crippen molar-refractivity contribution in [2.75, 3.05) is 33.9 Å². The van der Waals surface area contributed by atoms with Gasteiger partial charge in [-0.1, -0.05) is 11.6 Å². The van der Waals surface area contributed by atoms with E-state index in [0.29, 0.717) is 12.2 Å². The van der Waals surface area contributed by atoms with Gasteiger partial charge in [0.25, 0.3) is 5.91 Å². The molecule has 0 saturated carbocycles. The van der Waals surface area contributed by atoms with Crippen LogP contribution in [0, 0.1) is 0 Å². The Bertz CT molecular complexity index is 453. The molecule has 1 aromatic heterocycles. The van der Waals surface area contributed by atoms with Crippen LogP contribution in [-0.4, -0.2) is 55.7 Å². The molecule has 6 nitrogen and oxygen atoms in total. The average Bonchev–Trinajstić information content (AvgIpc) is 2.42. The molecule has 0 aliphatic heterocycles. The van der Waals surface area contributed by atoms with Gasteiger partial charge in [-0.15, -0.1) is 0 Å². The topological polar surface area (TPSA) is 68.7 Å². The van der Waals surface area contributed by atoms with Gasteiger partial charge < -0.3 is 14.4 Å². The van der Waals surface area contributed by atoms with Crippen molar-refractivity contribution in [3.63, 3.8) is 0 Å². The molecule has 0 aromatic carbocycles. The van der Waals surface area contributed by atoms with Gasteiger partial charge in [0.2, 0.25) is 0 Å². The van der Waals surface area contributed by atoms with E-state index in [2.05, 4.69) is 9.72 Å². The highest BCUT2D eigenvalue weighted by atomic mass is 35.5. The van der Waals surface area contributed by atoms with Crippen molar-refractivity contribution in [2.24, 2.45) is 0 Å². The van der Waals surface area contributed by atoms with Gasteiger partial charge in [-0.05, 0) is 12.1 Å². The lowest BCUT2D eigenvalue weighted by Crippen LogP contribution is -2.38. The molecular weight excluding hydrogens is 272 g/mol. The summed E-state index contributed by atoms with van der Waals surface area (Å²) >= 11 is 5.73. The van der Waals surface area contributed by atoms with Crippen LogP contribution in [0.25, 0.3) is 0 Å². The Morgan fingerprint density at radius 2 is 2.16 bits per heavy atom. The standard InChI is InChI=1S/C12H15ClN2O4/c1-18-6-5-15(8-11(16)19-2)12(17)9-3-4-14-10(13)7-9/h3-4,7H,5-6,8H2,1-2H3. The zero-order valence-corrected chi connectivity index (χ0v) is 11.5. The van der Waals surface area contributed by atoms with Gasteiger partial charge in [-0.3, -0.25) is 9.59 Å². The lowest BCUT2D eigenvalue weighted by atomic mass is 10.2. The van der Waals surface area contributed by atoms with E-state index in [1.807, 2.05) is 0 Å². The van der Waals surface area contributed by atoms with E-state index in [9.17, 15) is 9.59 Å². The molecule has 0 radical (unpaired) electrons. The molecule has 0 saturated heterocycles. The molecule has 0 aliphatic carbocycles. The maximum Gasteiger partial charge on any atom is 0.325 e. The van der Waals surface area contributed by atoms with Crippen LogP contribution in [0.5, 0.6) is 0 Å². The molecule has 104 valence electrons. The van der Waals surface area contributed by atoms with Crippen molar-refractivity contribution >= 4 is 23.5 Å². The van der Waals surface area contributed by atoms with E-state index >= 15 is 0 Å². The highest BCUT2D eigenvalue weighted by Crippen LogP contribution is 2.10. The van der Waals surface area contributed by atoms with Crippen molar-refractivity contribution in [2.45, 2.75) is 0 Å². The first kappa shape index (κ1) is 15.4. The molecule has 0 spiro atoms. The van der Waals surface area contributed by atoms with Crippen molar-refractivity contribution < 1.29 is 19.1 Å². The van der Waals surface area contributed by atoms with Gasteiger partial charge in [0, 0.05) is 25.4 Å². The van der Waals surface area contributed by atoms with Gasteiger partial charge in [0.05, 0.1) is 13.7 Å². The molecular formula is C12H15ClN2O4. The molecule has 19 heavy (non-hydrogen) atoms. The summed E-state index contributed by atoms with van der Waals surface area (Å²) in [6.07, 6.45) is 1.43. The largest absolute Gasteiger partial charge is 0.468 e. The fourth-order valence-corrected chi connectivity index (χ4v) is 1.57. The normalized spacial score (nSPS) is 10.1. The molecule has 0 fully saturated rings. The fraction of sp³-hybridized carbons (Fsp3) is 0.417. The third kappa shape index (κ3) is 4.84. The zero-order valence-electron chi connectivity index (χ0n) is 10.8. The van der Waals surface area contributed by atoms with E-state index in [1.54, 1.807) is 0 Å². The van der Waals surface area contributed by atoms with Crippen molar-refractivity contribution in [3.05, 3.63) is 29.0 Å². The minimum atomic E-state index is -0.496. The predicted molar refractivity (Wildman–Crippen MR) is 69.0 cm³/mol. The Morgan fingerprint density at radius 1 is 1.42 bits per heavy atom. The summed E-state index contributed by atoms with van der Waals surface area (Å²) in [7, 11) is 2.79. The number of nitrogens with zero attached hydrogens (tertiary/aromatic N) is 2. The van der Waals surface area contributed by atoms with Crippen LogP contribution >= 0.6 is 11.6 Å². The van der Waals surface area contributed by atoms with Gasteiger partial charge in [-0.2, -0.15) is 0 Å². The van der Waals surface area contributed by atoms with E-state index < -0.39 is 5.97 Å². The number of ether oxygens (including phenoxy) is 2. The third-order valence-corrected chi connectivity index (χ3v) is 2.58. The Kier molecular flexibility index (Phi) is 6.24. The average molecular weight is 287 g/mol. The lowest BCUT2D eigenvalue weighted by Gasteiger charge is -2.21. The molecule has 0 aliphatic rings. The van der Waals surface area contributed by atoms with Crippen LogP contribution < -0.4 is 0 Å². The summed E-state index contributed by atoms with van der Waals surface area (Å²) in [5, 5.41) is 0.218. The van der Waals surface area contributed by atoms with Crippen molar-refractivity contribution in [3.8, 4) is 0 Å². The van der Waals surface area contributed by atoms with Crippen LogP contribution in [0.3, 0.4) is 0 Å². The molecule has 7 heteroatoms. The maximum atomic E-state index is 12.2. The molecule has 1 aromatic rings. The number of esters is 1. The van der Waals surface area contributed by atoms with Crippen LogP contribution in [0.4, 0.5) is 0 Å². The number of hydrogen-bond donors (Lipinski definition) is 0. The van der Waals surface area contributed by atoms with Gasteiger partial charge in [0.15, 0.2) is 0 Å². The summed E-state index contributed by atoms with van der Waals surface area (Å²) in [6, 6.07) is 2.98. The highest BCUT2D eigenvalue weighted by Gasteiger charge is 2.19. The smallest absolute Gasteiger partial charge is 0.325 e. The van der Waals surface area contributed by atoms with E-state index in [1.165, 1.54) is 37.4 Å². The second-order valence-corrected chi connectivity index (χ2v) is 4.05. The molecule has 0 atom stereocenters. The quantitative estimate of drug-likeness (QED) is 0.576. The maximum absolute atomic E-state index is 12.2. The fourth-order valence-electron chi connectivity index (χ4n) is 1.39. The number of hydrogen-bond acceptors (Lipinski definition) is 5. The number of aromatic nitrogens is 1. The predicted octanol–water partition coefficient (Wildman–Crippen LogP) is 0.997. The monoisotopic (exact) mass is 286 g/mol. The van der Waals surface area contributed by atoms with E-state index in [0.717, 1.165) is 0 Å². The first-order chi connectivity index (χ1) is 9.08. The molecule has 0 bridgehead atoms. The van der Waals surface area contributed by atoms with Crippen molar-refractivity contribution in [1.82, 2.24) is 9.88 Å². The number of carbonyl (C=O) groups is 2. The number of halogens is 1. The first-order valence-electron chi connectivity index (χ1n) is 5.55. The van der Waals surface area contributed by atoms with Crippen LogP contribution in [0.2, 0.25) is 5.15 Å². The molecule has 1 heterocycles. The number of carbonyl (C=O) groups excluding carboxylic acids is 2. The minimum Gasteiger partial charge on any atom is -0.468 e. The first-order valence-corrected chi connectivity index (χ1v) is 5.93. The summed E-state index contributed by atoms with van der Waals surface area (Å²) in [6.45, 7) is 0.463. The summed E-state index contributed by atoms with van der Waals surface area (Å²) in [5.41, 5.74) is 0.361. The van der Waals surface area contributed by atoms with Crippen molar-refractivity contribution in [1.29, 1.82) is 0 Å². The number of pyridine rings is 1. The second-order valence-electron chi connectivity index (χ2n) is 3.66. The van der Waals surface area contributed by atoms with E-state index in [-0.39, 0.29) is 24.1 Å². The van der Waals surface area contributed by atoms with E-state index in [4.69, 9.17) is 16.3 Å². The highest BCUT2D eigenvalue weighted by molar-refractivity contribution is 6.29. The van der Waals surface area contributed by atoms with Gasteiger partial charge in [-0.25, -0.2) is 4.98 Å². The third-order valence-electron chi connectivity index (χ3n) is 2.37. The Hall–Kier alpha value is -1.66. The van der Waals surface area contributed by atoms with Crippen LogP contribution in [-0.2, 0) is 14.3 Å². The van der Waals surface area contributed by atoms with Gasteiger partial charge >= 0.3 is 5.97 Å². The number of amides is 1. The lowest BCUT2D eigenvalue weighted by molar-refractivity contribution is -0.141. The summed E-state index contributed by atoms with van der Waals surface area (Å²) in [4.78, 5) is 28.7. The Labute approximate surface area is 116 Å². The van der Waals surface area contributed by atoms with Gasteiger partial charge in [0.1, 0.15) is 11.7 Å². The number of methoxy groups -OCH3 is 2. The molecule has 1 rings (SSSR count). The SMILES string of the molecule is COCCN(CC(=O)OC)C(=O)c1ccnc(Cl)c1. The zero-order chi connectivity index (χ0) is 14.3.